The molecule has 2 amide bonds. The fourth-order valence-electron chi connectivity index (χ4n) is 3.19. The third-order valence-electron chi connectivity index (χ3n) is 4.73. The van der Waals surface area contributed by atoms with Crippen LogP contribution in [-0.4, -0.2) is 56.6 Å². The molecule has 154 valence electrons. The summed E-state index contributed by atoms with van der Waals surface area (Å²) in [6.07, 6.45) is 0. The molecule has 1 heterocycles. The van der Waals surface area contributed by atoms with Gasteiger partial charge in [0, 0.05) is 33.1 Å². The zero-order chi connectivity index (χ0) is 20.8. The summed E-state index contributed by atoms with van der Waals surface area (Å²) in [5.41, 5.74) is 1.38. The van der Waals surface area contributed by atoms with Crippen LogP contribution in [0.15, 0.2) is 42.5 Å². The van der Waals surface area contributed by atoms with E-state index in [1.54, 1.807) is 55.3 Å². The van der Waals surface area contributed by atoms with Gasteiger partial charge in [0.15, 0.2) is 6.61 Å². The van der Waals surface area contributed by atoms with Crippen molar-refractivity contribution in [3.05, 3.63) is 47.5 Å². The summed E-state index contributed by atoms with van der Waals surface area (Å²) in [5.74, 6) is 1.07. The molecule has 1 aliphatic heterocycles. The molecule has 0 aromatic heterocycles. The van der Waals surface area contributed by atoms with E-state index in [1.807, 2.05) is 6.07 Å². The van der Waals surface area contributed by atoms with E-state index in [-0.39, 0.29) is 18.4 Å². The lowest BCUT2D eigenvalue weighted by atomic mass is 10.2. The van der Waals surface area contributed by atoms with Crippen LogP contribution in [0, 0.1) is 0 Å². The van der Waals surface area contributed by atoms with E-state index in [9.17, 15) is 9.59 Å². The van der Waals surface area contributed by atoms with Crippen molar-refractivity contribution in [1.29, 1.82) is 0 Å². The Kier molecular flexibility index (Phi) is 6.82. The molecule has 1 saturated heterocycles. The Morgan fingerprint density at radius 3 is 2.31 bits per heavy atom. The maximum Gasteiger partial charge on any atom is 0.262 e. The maximum absolute atomic E-state index is 12.4. The van der Waals surface area contributed by atoms with Crippen molar-refractivity contribution in [3.8, 4) is 11.5 Å². The SMILES string of the molecule is COc1ccc(OCC(=O)Nc2cccc(Cl)c2N2CCN(C(C)=O)CC2)cc1. The van der Waals surface area contributed by atoms with Crippen molar-refractivity contribution >= 4 is 34.8 Å². The Hall–Kier alpha value is -2.93. The van der Waals surface area contributed by atoms with Gasteiger partial charge in [-0.1, -0.05) is 17.7 Å². The lowest BCUT2D eigenvalue weighted by Crippen LogP contribution is -2.48. The van der Waals surface area contributed by atoms with Crippen LogP contribution >= 0.6 is 11.6 Å². The number of nitrogens with one attached hydrogen (secondary N) is 1. The highest BCUT2D eigenvalue weighted by atomic mass is 35.5. The molecule has 0 aliphatic carbocycles. The number of methoxy groups -OCH3 is 1. The third-order valence-corrected chi connectivity index (χ3v) is 5.04. The van der Waals surface area contributed by atoms with Crippen molar-refractivity contribution in [2.45, 2.75) is 6.92 Å². The van der Waals surface area contributed by atoms with Crippen molar-refractivity contribution in [2.24, 2.45) is 0 Å². The van der Waals surface area contributed by atoms with Gasteiger partial charge < -0.3 is 24.6 Å². The highest BCUT2D eigenvalue weighted by Crippen LogP contribution is 2.34. The average molecular weight is 418 g/mol. The van der Waals surface area contributed by atoms with Crippen LogP contribution in [0.25, 0.3) is 0 Å². The van der Waals surface area contributed by atoms with Gasteiger partial charge in [-0.3, -0.25) is 9.59 Å². The van der Waals surface area contributed by atoms with Crippen LogP contribution in [0.3, 0.4) is 0 Å². The number of rotatable bonds is 6. The number of nitrogens with zero attached hydrogens (tertiary/aromatic N) is 2. The van der Waals surface area contributed by atoms with Gasteiger partial charge in [-0.25, -0.2) is 0 Å². The number of piperazine rings is 1. The average Bonchev–Trinajstić information content (AvgIpc) is 2.73. The van der Waals surface area contributed by atoms with E-state index < -0.39 is 0 Å². The van der Waals surface area contributed by atoms with Gasteiger partial charge in [-0.05, 0) is 36.4 Å². The number of carbonyl (C=O) groups excluding carboxylic acids is 2. The Balaban J connectivity index is 1.63. The predicted octanol–water partition coefficient (Wildman–Crippen LogP) is 3.03. The van der Waals surface area contributed by atoms with E-state index in [4.69, 9.17) is 21.1 Å². The molecular formula is C21H24ClN3O4. The zero-order valence-electron chi connectivity index (χ0n) is 16.5. The van der Waals surface area contributed by atoms with E-state index in [1.165, 1.54) is 0 Å². The van der Waals surface area contributed by atoms with Crippen molar-refractivity contribution in [3.63, 3.8) is 0 Å². The first-order valence-corrected chi connectivity index (χ1v) is 9.71. The largest absolute Gasteiger partial charge is 0.497 e. The number of hydrogen-bond acceptors (Lipinski definition) is 5. The number of carbonyl (C=O) groups is 2. The van der Waals surface area contributed by atoms with Crippen LogP contribution < -0.4 is 19.7 Å². The second-order valence-electron chi connectivity index (χ2n) is 6.64. The first-order chi connectivity index (χ1) is 14.0. The molecule has 0 radical (unpaired) electrons. The fourth-order valence-corrected chi connectivity index (χ4v) is 3.48. The molecule has 0 saturated carbocycles. The lowest BCUT2D eigenvalue weighted by Gasteiger charge is -2.36. The zero-order valence-corrected chi connectivity index (χ0v) is 17.2. The molecule has 0 atom stereocenters. The number of halogens is 1. The van der Waals surface area contributed by atoms with Crippen LogP contribution in [-0.2, 0) is 9.59 Å². The van der Waals surface area contributed by atoms with E-state index in [0.717, 1.165) is 11.4 Å². The van der Waals surface area contributed by atoms with E-state index >= 15 is 0 Å². The molecule has 29 heavy (non-hydrogen) atoms. The number of hydrogen-bond donors (Lipinski definition) is 1. The molecule has 0 spiro atoms. The molecule has 2 aromatic rings. The highest BCUT2D eigenvalue weighted by Gasteiger charge is 2.23. The van der Waals surface area contributed by atoms with Crippen LogP contribution in [0.2, 0.25) is 5.02 Å². The minimum atomic E-state index is -0.285. The molecule has 1 fully saturated rings. The second kappa shape index (κ2) is 9.52. The van der Waals surface area contributed by atoms with Crippen LogP contribution in [0.4, 0.5) is 11.4 Å². The summed E-state index contributed by atoms with van der Waals surface area (Å²) in [6, 6.07) is 12.4. The summed E-state index contributed by atoms with van der Waals surface area (Å²) < 4.78 is 10.6. The van der Waals surface area contributed by atoms with Gasteiger partial charge in [-0.15, -0.1) is 0 Å². The topological polar surface area (TPSA) is 71.1 Å². The summed E-state index contributed by atoms with van der Waals surface area (Å²) in [6.45, 7) is 3.97. The van der Waals surface area contributed by atoms with Crippen LogP contribution in [0.5, 0.6) is 11.5 Å². The lowest BCUT2D eigenvalue weighted by molar-refractivity contribution is -0.129. The number of para-hydroxylation sites is 1. The van der Waals surface area contributed by atoms with Gasteiger partial charge in [0.05, 0.1) is 23.5 Å². The molecule has 0 unspecified atom stereocenters. The minimum Gasteiger partial charge on any atom is -0.497 e. The monoisotopic (exact) mass is 417 g/mol. The number of amides is 2. The van der Waals surface area contributed by atoms with Gasteiger partial charge in [0.1, 0.15) is 11.5 Å². The van der Waals surface area contributed by atoms with Crippen molar-refractivity contribution < 1.29 is 19.1 Å². The van der Waals surface area contributed by atoms with E-state index in [2.05, 4.69) is 10.2 Å². The number of ether oxygens (including phenoxy) is 2. The van der Waals surface area contributed by atoms with Gasteiger partial charge in [0.2, 0.25) is 5.91 Å². The summed E-state index contributed by atoms with van der Waals surface area (Å²) in [7, 11) is 1.59. The Morgan fingerprint density at radius 1 is 1.03 bits per heavy atom. The molecule has 2 aromatic carbocycles. The Morgan fingerprint density at radius 2 is 1.69 bits per heavy atom. The summed E-state index contributed by atoms with van der Waals surface area (Å²) >= 11 is 6.43. The molecular weight excluding hydrogens is 394 g/mol. The number of anilines is 2. The first-order valence-electron chi connectivity index (χ1n) is 9.33. The molecule has 7 nitrogen and oxygen atoms in total. The standard InChI is InChI=1S/C21H24ClN3O4/c1-15(26)24-10-12-25(13-11-24)21-18(22)4-3-5-19(21)23-20(27)14-29-17-8-6-16(28-2)7-9-17/h3-9H,10-14H2,1-2H3,(H,23,27). The predicted molar refractivity (Wildman–Crippen MR) is 113 cm³/mol. The second-order valence-corrected chi connectivity index (χ2v) is 7.05. The minimum absolute atomic E-state index is 0.0630. The van der Waals surface area contributed by atoms with E-state index in [0.29, 0.717) is 42.6 Å². The van der Waals surface area contributed by atoms with Gasteiger partial charge >= 0.3 is 0 Å². The quantitative estimate of drug-likeness (QED) is 0.782. The summed E-state index contributed by atoms with van der Waals surface area (Å²) in [5, 5.41) is 3.43. The van der Waals surface area contributed by atoms with Gasteiger partial charge in [0.25, 0.3) is 5.91 Å². The van der Waals surface area contributed by atoms with Crippen molar-refractivity contribution in [2.75, 3.05) is 50.1 Å². The highest BCUT2D eigenvalue weighted by molar-refractivity contribution is 6.34. The Bertz CT molecular complexity index is 865. The maximum atomic E-state index is 12.4. The molecule has 8 heteroatoms. The Labute approximate surface area is 175 Å². The fraction of sp³-hybridized carbons (Fsp3) is 0.333. The summed E-state index contributed by atoms with van der Waals surface area (Å²) in [4.78, 5) is 27.9. The normalized spacial score (nSPS) is 13.8. The molecule has 0 bridgehead atoms. The smallest absolute Gasteiger partial charge is 0.262 e. The van der Waals surface area contributed by atoms with Crippen LogP contribution in [0.1, 0.15) is 6.92 Å². The van der Waals surface area contributed by atoms with Gasteiger partial charge in [-0.2, -0.15) is 0 Å². The van der Waals surface area contributed by atoms with Crippen molar-refractivity contribution in [1.82, 2.24) is 4.90 Å². The molecule has 3 rings (SSSR count). The first kappa shape index (κ1) is 20.8. The third kappa shape index (κ3) is 5.32. The molecule has 1 N–H and O–H groups in total. The molecule has 1 aliphatic rings. The number of benzene rings is 2.